The Kier molecular flexibility index (Phi) is 8.56. The Morgan fingerprint density at radius 1 is 1.11 bits per heavy atom. The fraction of sp³-hybridized carbons (Fsp3) is 0.500. The van der Waals surface area contributed by atoms with E-state index in [1.165, 1.54) is 21.3 Å². The first-order chi connectivity index (χ1) is 16.8. The Morgan fingerprint density at radius 3 is 2.49 bits per heavy atom. The summed E-state index contributed by atoms with van der Waals surface area (Å²) in [5.41, 5.74) is 2.45. The lowest BCUT2D eigenvalue weighted by molar-refractivity contribution is -0.151. The van der Waals surface area contributed by atoms with E-state index in [1.807, 2.05) is 13.8 Å². The van der Waals surface area contributed by atoms with Crippen LogP contribution in [-0.2, 0) is 28.6 Å². The summed E-state index contributed by atoms with van der Waals surface area (Å²) >= 11 is 0. The molecule has 1 aromatic carbocycles. The van der Waals surface area contributed by atoms with E-state index >= 15 is 0 Å². The third-order valence-corrected chi connectivity index (χ3v) is 6.38. The topological polar surface area (TPSA) is 109 Å². The van der Waals surface area contributed by atoms with Gasteiger partial charge in [0.1, 0.15) is 24.0 Å². The van der Waals surface area contributed by atoms with Crippen LogP contribution in [-0.4, -0.2) is 58.9 Å². The van der Waals surface area contributed by atoms with Crippen molar-refractivity contribution < 1.29 is 38.1 Å². The highest BCUT2D eigenvalue weighted by atomic mass is 16.6. The molecule has 35 heavy (non-hydrogen) atoms. The molecule has 0 spiro atoms. The van der Waals surface area contributed by atoms with E-state index in [1.54, 1.807) is 25.1 Å². The minimum absolute atomic E-state index is 0.0671. The molecule has 190 valence electrons. The zero-order chi connectivity index (χ0) is 25.7. The van der Waals surface area contributed by atoms with Crippen LogP contribution in [0.2, 0.25) is 0 Å². The van der Waals surface area contributed by atoms with Gasteiger partial charge < -0.3 is 29.0 Å². The first-order valence-electron chi connectivity index (χ1n) is 11.6. The summed E-state index contributed by atoms with van der Waals surface area (Å²) in [5, 5.41) is 3.24. The highest BCUT2D eigenvalue weighted by molar-refractivity contribution is 6.12. The number of benzene rings is 1. The van der Waals surface area contributed by atoms with E-state index in [0.717, 1.165) is 0 Å². The number of Topliss-reactive ketones (excluding diaryl/α,β-unsaturated/α-hetero) is 1. The number of esters is 2. The van der Waals surface area contributed by atoms with Crippen LogP contribution in [0.15, 0.2) is 40.7 Å². The normalized spacial score (nSPS) is 21.8. The number of ketones is 1. The molecule has 1 aliphatic carbocycles. The van der Waals surface area contributed by atoms with Gasteiger partial charge in [-0.25, -0.2) is 4.79 Å². The van der Waals surface area contributed by atoms with Crippen molar-refractivity contribution in [1.29, 1.82) is 0 Å². The molecule has 0 unspecified atom stereocenters. The van der Waals surface area contributed by atoms with Crippen LogP contribution < -0.4 is 14.8 Å². The largest absolute Gasteiger partial charge is 0.497 e. The van der Waals surface area contributed by atoms with E-state index in [4.69, 9.17) is 23.7 Å². The van der Waals surface area contributed by atoms with Gasteiger partial charge in [0.05, 0.1) is 39.4 Å². The Morgan fingerprint density at radius 2 is 1.86 bits per heavy atom. The van der Waals surface area contributed by atoms with Gasteiger partial charge in [0.2, 0.25) is 0 Å². The number of methoxy groups -OCH3 is 3. The van der Waals surface area contributed by atoms with Crippen molar-refractivity contribution in [3.8, 4) is 11.5 Å². The Labute approximate surface area is 205 Å². The Bertz CT molecular complexity index is 1060. The molecule has 9 nitrogen and oxygen atoms in total. The fourth-order valence-corrected chi connectivity index (χ4v) is 4.73. The number of carbonyl (C=O) groups is 3. The Hall–Kier alpha value is -3.33. The maximum atomic E-state index is 13.8. The fourth-order valence-electron chi connectivity index (χ4n) is 4.73. The van der Waals surface area contributed by atoms with E-state index in [2.05, 4.69) is 5.32 Å². The molecule has 3 atom stereocenters. The van der Waals surface area contributed by atoms with Crippen molar-refractivity contribution in [3.05, 3.63) is 46.3 Å². The zero-order valence-corrected chi connectivity index (χ0v) is 21.1. The van der Waals surface area contributed by atoms with Gasteiger partial charge in [-0.2, -0.15) is 0 Å². The lowest BCUT2D eigenvalue weighted by Crippen LogP contribution is -2.43. The van der Waals surface area contributed by atoms with Gasteiger partial charge in [-0.05, 0) is 32.3 Å². The molecule has 3 rings (SSSR count). The van der Waals surface area contributed by atoms with Crippen LogP contribution in [0.3, 0.4) is 0 Å². The number of hydrogen-bond acceptors (Lipinski definition) is 9. The van der Waals surface area contributed by atoms with Crippen LogP contribution >= 0.6 is 0 Å². The molecule has 1 aromatic rings. The summed E-state index contributed by atoms with van der Waals surface area (Å²) in [6.45, 7) is 6.29. The molecule has 0 radical (unpaired) electrons. The molecule has 0 aromatic heterocycles. The van der Waals surface area contributed by atoms with Crippen molar-refractivity contribution in [2.45, 2.75) is 33.1 Å². The SMILES string of the molecule is CCOCCOC(=O)C1=C(C)NC2=C(C(=O)[C@H](C(=O)OC)[C@H](C)C2)[C@H]1c1ccc(OC)cc1OC. The maximum Gasteiger partial charge on any atom is 0.336 e. The van der Waals surface area contributed by atoms with E-state index in [0.29, 0.717) is 47.1 Å². The van der Waals surface area contributed by atoms with Crippen molar-refractivity contribution in [1.82, 2.24) is 5.32 Å². The lowest BCUT2D eigenvalue weighted by Gasteiger charge is -2.38. The maximum absolute atomic E-state index is 13.8. The van der Waals surface area contributed by atoms with E-state index in [-0.39, 0.29) is 30.5 Å². The number of rotatable bonds is 9. The van der Waals surface area contributed by atoms with Crippen LogP contribution in [0.4, 0.5) is 0 Å². The van der Waals surface area contributed by atoms with Crippen LogP contribution in [0.1, 0.15) is 38.7 Å². The minimum Gasteiger partial charge on any atom is -0.497 e. The quantitative estimate of drug-likeness (QED) is 0.319. The summed E-state index contributed by atoms with van der Waals surface area (Å²) in [6.07, 6.45) is 0.444. The third-order valence-electron chi connectivity index (χ3n) is 6.38. The molecule has 2 aliphatic rings. The number of allylic oxidation sites excluding steroid dienone is 3. The summed E-state index contributed by atoms with van der Waals surface area (Å²) in [4.78, 5) is 39.7. The second kappa shape index (κ2) is 11.4. The van der Waals surface area contributed by atoms with Gasteiger partial charge in [0.15, 0.2) is 5.78 Å². The zero-order valence-electron chi connectivity index (χ0n) is 21.1. The van der Waals surface area contributed by atoms with Gasteiger partial charge in [-0.1, -0.05) is 13.0 Å². The molecule has 9 heteroatoms. The molecule has 1 aliphatic heterocycles. The molecule has 0 amide bonds. The first kappa shape index (κ1) is 26.3. The highest BCUT2D eigenvalue weighted by Crippen LogP contribution is 2.48. The molecule has 0 saturated carbocycles. The van der Waals surface area contributed by atoms with Crippen molar-refractivity contribution in [2.24, 2.45) is 11.8 Å². The average Bonchev–Trinajstić information content (AvgIpc) is 2.84. The van der Waals surface area contributed by atoms with Crippen molar-refractivity contribution >= 4 is 17.7 Å². The van der Waals surface area contributed by atoms with Crippen LogP contribution in [0.5, 0.6) is 11.5 Å². The molecular weight excluding hydrogens is 454 g/mol. The molecule has 0 bridgehead atoms. The number of dihydropyridines is 1. The smallest absolute Gasteiger partial charge is 0.336 e. The summed E-state index contributed by atoms with van der Waals surface area (Å²) in [7, 11) is 4.31. The van der Waals surface area contributed by atoms with Gasteiger partial charge in [-0.3, -0.25) is 9.59 Å². The van der Waals surface area contributed by atoms with Crippen molar-refractivity contribution in [2.75, 3.05) is 41.2 Å². The number of nitrogens with one attached hydrogen (secondary N) is 1. The van der Waals surface area contributed by atoms with E-state index in [9.17, 15) is 14.4 Å². The van der Waals surface area contributed by atoms with Gasteiger partial charge in [0, 0.05) is 35.2 Å². The summed E-state index contributed by atoms with van der Waals surface area (Å²) < 4.78 is 26.7. The van der Waals surface area contributed by atoms with E-state index < -0.39 is 23.8 Å². The molecule has 0 fully saturated rings. The number of hydrogen-bond donors (Lipinski definition) is 1. The predicted octanol–water partition coefficient (Wildman–Crippen LogP) is 2.90. The monoisotopic (exact) mass is 487 g/mol. The lowest BCUT2D eigenvalue weighted by atomic mass is 9.69. The van der Waals surface area contributed by atoms with Crippen molar-refractivity contribution in [3.63, 3.8) is 0 Å². The van der Waals surface area contributed by atoms with Gasteiger partial charge >= 0.3 is 11.9 Å². The second-order valence-electron chi connectivity index (χ2n) is 8.48. The van der Waals surface area contributed by atoms with Gasteiger partial charge in [-0.15, -0.1) is 0 Å². The minimum atomic E-state index is -0.971. The van der Waals surface area contributed by atoms with Crippen LogP contribution in [0.25, 0.3) is 0 Å². The molecule has 1 heterocycles. The first-order valence-corrected chi connectivity index (χ1v) is 11.6. The van der Waals surface area contributed by atoms with Crippen LogP contribution in [0, 0.1) is 11.8 Å². The summed E-state index contributed by atoms with van der Waals surface area (Å²) in [5.74, 6) is -2.60. The molecule has 0 saturated heterocycles. The number of carbonyl (C=O) groups excluding carboxylic acids is 3. The summed E-state index contributed by atoms with van der Waals surface area (Å²) in [6, 6.07) is 5.19. The molecular formula is C26H33NO8. The third kappa shape index (κ3) is 5.19. The average molecular weight is 488 g/mol. The Balaban J connectivity index is 2.15. The second-order valence-corrected chi connectivity index (χ2v) is 8.48. The van der Waals surface area contributed by atoms with Gasteiger partial charge in [0.25, 0.3) is 0 Å². The number of ether oxygens (including phenoxy) is 5. The standard InChI is InChI=1S/C26H33NO8/c1-7-34-10-11-35-26(30)21-15(3)27-18-12-14(2)20(25(29)33-6)24(28)23(18)22(21)17-9-8-16(31-4)13-19(17)32-5/h8-9,13-14,20,22,27H,7,10-12H2,1-6H3/t14-,20-,22+/m1/s1. The highest BCUT2D eigenvalue weighted by Gasteiger charge is 2.47. The predicted molar refractivity (Wildman–Crippen MR) is 127 cm³/mol. The molecule has 1 N–H and O–H groups in total.